The summed E-state index contributed by atoms with van der Waals surface area (Å²) in [5, 5.41) is 11.9. The van der Waals surface area contributed by atoms with Gasteiger partial charge in [-0.15, -0.1) is 10.2 Å². The van der Waals surface area contributed by atoms with E-state index < -0.39 is 0 Å². The van der Waals surface area contributed by atoms with Gasteiger partial charge >= 0.3 is 0 Å². The zero-order chi connectivity index (χ0) is 16.1. The molecule has 1 amide bonds. The third-order valence-corrected chi connectivity index (χ3v) is 4.73. The summed E-state index contributed by atoms with van der Waals surface area (Å²) in [6.07, 6.45) is 6.43. The van der Waals surface area contributed by atoms with Gasteiger partial charge in [-0.2, -0.15) is 4.98 Å². The second-order valence-corrected chi connectivity index (χ2v) is 6.62. The lowest BCUT2D eigenvalue weighted by molar-refractivity contribution is -0.127. The number of pyridine rings is 1. The van der Waals surface area contributed by atoms with Crippen molar-refractivity contribution in [3.63, 3.8) is 0 Å². The fraction of sp³-hybridized carbons (Fsp3) is 0.438. The van der Waals surface area contributed by atoms with Crippen LogP contribution in [0, 0.1) is 5.92 Å². The normalized spacial score (nSPS) is 21.1. The molecule has 8 nitrogen and oxygen atoms in total. The minimum Gasteiger partial charge on any atom is -0.342 e. The smallest absolute Gasteiger partial charge is 0.259 e. The molecular weight excluding hydrogens is 308 g/mol. The SMILES string of the molecule is O=C1CC(c2noc(-c3ccc4nncn4c3)n2)CN1CC1CC1. The summed E-state index contributed by atoms with van der Waals surface area (Å²) in [5.41, 5.74) is 1.57. The van der Waals surface area contributed by atoms with E-state index in [1.54, 1.807) is 10.7 Å². The summed E-state index contributed by atoms with van der Waals surface area (Å²) in [4.78, 5) is 18.6. The van der Waals surface area contributed by atoms with Crippen LogP contribution in [0.25, 0.3) is 17.1 Å². The summed E-state index contributed by atoms with van der Waals surface area (Å²) < 4.78 is 7.21. The Balaban J connectivity index is 1.37. The number of amides is 1. The van der Waals surface area contributed by atoms with Gasteiger partial charge in [-0.1, -0.05) is 5.16 Å². The highest BCUT2D eigenvalue weighted by Gasteiger charge is 2.36. The van der Waals surface area contributed by atoms with Gasteiger partial charge in [0.05, 0.1) is 5.56 Å². The summed E-state index contributed by atoms with van der Waals surface area (Å²) in [5.74, 6) is 1.98. The zero-order valence-corrected chi connectivity index (χ0v) is 13.0. The predicted molar refractivity (Wildman–Crippen MR) is 82.9 cm³/mol. The monoisotopic (exact) mass is 324 g/mol. The molecule has 1 aliphatic heterocycles. The van der Waals surface area contributed by atoms with Crippen LogP contribution in [0.15, 0.2) is 29.2 Å². The van der Waals surface area contributed by atoms with Crippen molar-refractivity contribution in [3.05, 3.63) is 30.5 Å². The van der Waals surface area contributed by atoms with Crippen LogP contribution in [-0.4, -0.2) is 48.6 Å². The molecule has 1 aliphatic carbocycles. The van der Waals surface area contributed by atoms with E-state index in [1.165, 1.54) is 12.8 Å². The Hall–Kier alpha value is -2.77. The number of nitrogens with zero attached hydrogens (tertiary/aromatic N) is 6. The molecule has 2 aliphatic rings. The van der Waals surface area contributed by atoms with Gasteiger partial charge in [-0.25, -0.2) is 0 Å². The third kappa shape index (κ3) is 2.34. The average molecular weight is 324 g/mol. The maximum atomic E-state index is 12.1. The van der Waals surface area contributed by atoms with Gasteiger partial charge in [0.15, 0.2) is 11.5 Å². The number of likely N-dealkylation sites (tertiary alicyclic amines) is 1. The van der Waals surface area contributed by atoms with E-state index in [0.717, 1.165) is 17.8 Å². The molecule has 0 aromatic carbocycles. The van der Waals surface area contributed by atoms with Crippen LogP contribution in [0.4, 0.5) is 0 Å². The van der Waals surface area contributed by atoms with Gasteiger partial charge in [0, 0.05) is 31.6 Å². The van der Waals surface area contributed by atoms with Gasteiger partial charge in [0.25, 0.3) is 5.89 Å². The molecule has 1 unspecified atom stereocenters. The first-order chi connectivity index (χ1) is 11.8. The molecule has 8 heteroatoms. The molecule has 1 atom stereocenters. The van der Waals surface area contributed by atoms with E-state index in [4.69, 9.17) is 4.52 Å². The highest BCUT2D eigenvalue weighted by atomic mass is 16.5. The molecule has 5 rings (SSSR count). The Kier molecular flexibility index (Phi) is 2.91. The minimum absolute atomic E-state index is 0.0207. The number of hydrogen-bond acceptors (Lipinski definition) is 6. The molecule has 122 valence electrons. The average Bonchev–Trinajstić information content (AvgIpc) is 3.01. The molecule has 0 radical (unpaired) electrons. The van der Waals surface area contributed by atoms with Crippen LogP contribution >= 0.6 is 0 Å². The van der Waals surface area contributed by atoms with Gasteiger partial charge in [-0.05, 0) is 30.9 Å². The van der Waals surface area contributed by atoms with E-state index in [0.29, 0.717) is 30.6 Å². The van der Waals surface area contributed by atoms with Crippen molar-refractivity contribution in [2.75, 3.05) is 13.1 Å². The Labute approximate surface area is 137 Å². The quantitative estimate of drug-likeness (QED) is 0.722. The fourth-order valence-electron chi connectivity index (χ4n) is 3.21. The van der Waals surface area contributed by atoms with Gasteiger partial charge < -0.3 is 9.42 Å². The van der Waals surface area contributed by atoms with Crippen molar-refractivity contribution >= 4 is 11.6 Å². The van der Waals surface area contributed by atoms with Crippen molar-refractivity contribution in [1.29, 1.82) is 0 Å². The third-order valence-electron chi connectivity index (χ3n) is 4.73. The molecule has 2 fully saturated rings. The van der Waals surface area contributed by atoms with Crippen LogP contribution in [-0.2, 0) is 4.79 Å². The summed E-state index contributed by atoms with van der Waals surface area (Å²) >= 11 is 0. The van der Waals surface area contributed by atoms with E-state index in [-0.39, 0.29) is 11.8 Å². The molecule has 1 saturated heterocycles. The standard InChI is InChI=1S/C16H16N6O2/c23-14-5-12(8-21(14)6-10-1-2-10)15-18-16(24-20-15)11-3-4-13-19-17-9-22(13)7-11/h3-4,7,9-10,12H,1-2,5-6,8H2. The van der Waals surface area contributed by atoms with Crippen LogP contribution in [0.5, 0.6) is 0 Å². The van der Waals surface area contributed by atoms with Crippen molar-refractivity contribution in [3.8, 4) is 11.5 Å². The van der Waals surface area contributed by atoms with Crippen molar-refractivity contribution in [2.24, 2.45) is 5.92 Å². The topological polar surface area (TPSA) is 89.4 Å². The number of fused-ring (bicyclic) bond motifs is 1. The van der Waals surface area contributed by atoms with E-state index in [9.17, 15) is 4.79 Å². The minimum atomic E-state index is 0.0207. The lowest BCUT2D eigenvalue weighted by Crippen LogP contribution is -2.27. The number of aromatic nitrogens is 5. The van der Waals surface area contributed by atoms with Gasteiger partial charge in [0.2, 0.25) is 5.91 Å². The van der Waals surface area contributed by atoms with E-state index >= 15 is 0 Å². The second kappa shape index (κ2) is 5.12. The van der Waals surface area contributed by atoms with Crippen LogP contribution in [0.2, 0.25) is 0 Å². The molecule has 1 saturated carbocycles. The Morgan fingerprint density at radius 1 is 1.29 bits per heavy atom. The van der Waals surface area contributed by atoms with Crippen molar-refractivity contribution in [2.45, 2.75) is 25.2 Å². The molecule has 0 bridgehead atoms. The summed E-state index contributed by atoms with van der Waals surface area (Å²) in [6, 6.07) is 3.73. The molecule has 0 spiro atoms. The first-order valence-corrected chi connectivity index (χ1v) is 8.17. The summed E-state index contributed by atoms with van der Waals surface area (Å²) in [6.45, 7) is 1.57. The van der Waals surface area contributed by atoms with Crippen LogP contribution in [0.3, 0.4) is 0 Å². The summed E-state index contributed by atoms with van der Waals surface area (Å²) in [7, 11) is 0. The van der Waals surface area contributed by atoms with Crippen LogP contribution in [0.1, 0.15) is 31.0 Å². The predicted octanol–water partition coefficient (Wildman–Crippen LogP) is 1.51. The van der Waals surface area contributed by atoms with Gasteiger partial charge in [0.1, 0.15) is 6.33 Å². The van der Waals surface area contributed by atoms with Crippen molar-refractivity contribution in [1.82, 2.24) is 29.6 Å². The zero-order valence-electron chi connectivity index (χ0n) is 13.0. The van der Waals surface area contributed by atoms with E-state index in [2.05, 4.69) is 20.3 Å². The molecule has 0 N–H and O–H groups in total. The number of hydrogen-bond donors (Lipinski definition) is 0. The van der Waals surface area contributed by atoms with Gasteiger partial charge in [-0.3, -0.25) is 9.20 Å². The number of carbonyl (C=O) groups excluding carboxylic acids is 1. The van der Waals surface area contributed by atoms with Crippen molar-refractivity contribution < 1.29 is 9.32 Å². The molecular formula is C16H16N6O2. The molecule has 3 aromatic rings. The maximum Gasteiger partial charge on any atom is 0.259 e. The Bertz CT molecular complexity index is 912. The first-order valence-electron chi connectivity index (χ1n) is 8.17. The second-order valence-electron chi connectivity index (χ2n) is 6.62. The van der Waals surface area contributed by atoms with E-state index in [1.807, 2.05) is 23.2 Å². The lowest BCUT2D eigenvalue weighted by atomic mass is 10.1. The maximum absolute atomic E-state index is 12.1. The van der Waals surface area contributed by atoms with Crippen LogP contribution < -0.4 is 0 Å². The number of carbonyl (C=O) groups is 1. The number of rotatable bonds is 4. The molecule has 24 heavy (non-hydrogen) atoms. The Morgan fingerprint density at radius 2 is 2.21 bits per heavy atom. The fourth-order valence-corrected chi connectivity index (χ4v) is 3.21. The Morgan fingerprint density at radius 3 is 3.08 bits per heavy atom. The molecule has 3 aromatic heterocycles. The lowest BCUT2D eigenvalue weighted by Gasteiger charge is -2.14. The first kappa shape index (κ1) is 13.6. The largest absolute Gasteiger partial charge is 0.342 e. The highest BCUT2D eigenvalue weighted by molar-refractivity contribution is 5.79. The highest BCUT2D eigenvalue weighted by Crippen LogP contribution is 2.34. The molecule has 4 heterocycles.